The second kappa shape index (κ2) is 17.2. The molecule has 0 aromatic carbocycles. The van der Waals surface area contributed by atoms with Gasteiger partial charge in [0.05, 0.1) is 19.3 Å². The molecule has 2 N–H and O–H groups in total. The average molecular weight is 711 g/mol. The van der Waals surface area contributed by atoms with Gasteiger partial charge in [0.15, 0.2) is 5.78 Å². The summed E-state index contributed by atoms with van der Waals surface area (Å²) in [6.07, 6.45) is 3.41. The third-order valence-corrected chi connectivity index (χ3v) is 13.2. The van der Waals surface area contributed by atoms with Crippen LogP contribution in [0.15, 0.2) is 15.8 Å². The Bertz CT molecular complexity index is 1310. The maximum Gasteiger partial charge on any atom is 0.407 e. The SMILES string of the molecule is Cc1cn(C2CCC[C@@H](COP(=O)(Cl)N3CCC(CC(=O)C(CSSC(C)(C)C)NC(=O)OCC(C)C)CC3)O2)c(=O)[nH]c1=O. The van der Waals surface area contributed by atoms with E-state index in [2.05, 4.69) is 31.1 Å². The minimum Gasteiger partial charge on any atom is -0.449 e. The van der Waals surface area contributed by atoms with Crippen molar-refractivity contribution < 1.29 is 28.2 Å². The van der Waals surface area contributed by atoms with Crippen molar-refractivity contribution in [1.82, 2.24) is 19.5 Å². The zero-order chi connectivity index (χ0) is 33.4. The lowest BCUT2D eigenvalue weighted by Gasteiger charge is -2.35. The molecule has 2 aliphatic heterocycles. The van der Waals surface area contributed by atoms with Crippen LogP contribution in [0, 0.1) is 18.8 Å². The molecule has 12 nitrogen and oxygen atoms in total. The van der Waals surface area contributed by atoms with E-state index in [0.29, 0.717) is 50.1 Å². The van der Waals surface area contributed by atoms with E-state index in [-0.39, 0.29) is 42.0 Å². The number of aromatic nitrogens is 2. The number of piperidine rings is 1. The van der Waals surface area contributed by atoms with Crippen molar-refractivity contribution in [3.8, 4) is 0 Å². The maximum absolute atomic E-state index is 13.4. The topological polar surface area (TPSA) is 149 Å². The van der Waals surface area contributed by atoms with Gasteiger partial charge in [-0.3, -0.25) is 23.7 Å². The predicted octanol–water partition coefficient (Wildman–Crippen LogP) is 5.88. The largest absolute Gasteiger partial charge is 0.449 e. The summed E-state index contributed by atoms with van der Waals surface area (Å²) in [4.78, 5) is 52.0. The Kier molecular flexibility index (Phi) is 14.6. The zero-order valence-electron chi connectivity index (χ0n) is 27.0. The van der Waals surface area contributed by atoms with Gasteiger partial charge in [-0.25, -0.2) is 14.3 Å². The summed E-state index contributed by atoms with van der Waals surface area (Å²) in [5.41, 5.74) is -0.575. The van der Waals surface area contributed by atoms with Crippen LogP contribution in [0.4, 0.5) is 4.79 Å². The number of hydrogen-bond donors (Lipinski definition) is 2. The molecule has 2 saturated heterocycles. The normalized spacial score (nSPS) is 22.1. The minimum atomic E-state index is -3.65. The third kappa shape index (κ3) is 12.7. The van der Waals surface area contributed by atoms with Gasteiger partial charge in [-0.15, -0.1) is 0 Å². The molecule has 0 aliphatic carbocycles. The van der Waals surface area contributed by atoms with E-state index < -0.39 is 42.6 Å². The van der Waals surface area contributed by atoms with Gasteiger partial charge in [-0.05, 0) is 62.1 Å². The van der Waals surface area contributed by atoms with Crippen LogP contribution in [0.25, 0.3) is 0 Å². The quantitative estimate of drug-likeness (QED) is 0.176. The first-order chi connectivity index (χ1) is 21.0. The summed E-state index contributed by atoms with van der Waals surface area (Å²) in [5, 5.41) is 2.76. The van der Waals surface area contributed by atoms with E-state index >= 15 is 0 Å². The number of rotatable bonds is 14. The zero-order valence-corrected chi connectivity index (χ0v) is 30.3. The monoisotopic (exact) mass is 710 g/mol. The van der Waals surface area contributed by atoms with Gasteiger partial charge in [0.25, 0.3) is 5.56 Å². The Morgan fingerprint density at radius 3 is 2.53 bits per heavy atom. The van der Waals surface area contributed by atoms with Crippen LogP contribution in [0.5, 0.6) is 0 Å². The van der Waals surface area contributed by atoms with E-state index in [0.717, 1.165) is 6.42 Å². The Morgan fingerprint density at radius 2 is 1.89 bits per heavy atom. The first-order valence-electron chi connectivity index (χ1n) is 15.5. The third-order valence-electron chi connectivity index (χ3n) is 7.39. The van der Waals surface area contributed by atoms with Crippen molar-refractivity contribution in [3.63, 3.8) is 0 Å². The number of nitrogens with zero attached hydrogens (tertiary/aromatic N) is 2. The lowest BCUT2D eigenvalue weighted by Crippen LogP contribution is -2.44. The number of H-pyrrole nitrogens is 1. The van der Waals surface area contributed by atoms with Crippen molar-refractivity contribution >= 4 is 51.6 Å². The van der Waals surface area contributed by atoms with E-state index in [4.69, 9.17) is 25.2 Å². The summed E-state index contributed by atoms with van der Waals surface area (Å²) in [6, 6.07) is -0.666. The highest BCUT2D eigenvalue weighted by molar-refractivity contribution is 8.77. The highest BCUT2D eigenvalue weighted by atomic mass is 35.7. The van der Waals surface area contributed by atoms with Crippen LogP contribution in [-0.2, 0) is 23.4 Å². The van der Waals surface area contributed by atoms with Crippen molar-refractivity contribution in [1.29, 1.82) is 0 Å². The van der Waals surface area contributed by atoms with E-state index in [9.17, 15) is 23.7 Å². The summed E-state index contributed by atoms with van der Waals surface area (Å²) in [7, 11) is 3.21. The molecule has 0 radical (unpaired) electrons. The molecule has 256 valence electrons. The number of ketones is 1. The number of carbonyl (C=O) groups excluding carboxylic acids is 2. The standard InChI is InChI=1S/C29H48ClN4O8PS2/c1-19(2)16-40-28(38)31-23(18-44-45-29(4,5)6)24(35)14-21-10-12-33(13-11-21)43(30,39)41-17-22-8-7-9-25(42-22)34-15-20(3)26(36)32-27(34)37/h15,19,21-23,25H,7-14,16-18H2,1-6H3,(H,31,38)(H,32,36,37)/t22-,23?,25?,43?/m0/s1. The van der Waals surface area contributed by atoms with Crippen LogP contribution in [0.3, 0.4) is 0 Å². The van der Waals surface area contributed by atoms with Gasteiger partial charge in [0, 0.05) is 41.8 Å². The Morgan fingerprint density at radius 1 is 1.20 bits per heavy atom. The molecular formula is C29H48ClN4O8PS2. The molecular weight excluding hydrogens is 663 g/mol. The second-order valence-electron chi connectivity index (χ2n) is 13.1. The number of aromatic amines is 1. The molecule has 0 spiro atoms. The van der Waals surface area contributed by atoms with Crippen LogP contribution in [0.1, 0.15) is 84.9 Å². The Hall–Kier alpha value is -1.28. The van der Waals surface area contributed by atoms with Crippen molar-refractivity contribution in [2.24, 2.45) is 11.8 Å². The lowest BCUT2D eigenvalue weighted by molar-refractivity contribution is -0.121. The van der Waals surface area contributed by atoms with Gasteiger partial charge in [-0.2, -0.15) is 0 Å². The highest BCUT2D eigenvalue weighted by Gasteiger charge is 2.36. The number of Topliss-reactive ketones (excluding diaryl/α,β-unsaturated/α-hetero) is 1. The van der Waals surface area contributed by atoms with E-state index in [1.807, 2.05) is 13.8 Å². The van der Waals surface area contributed by atoms with Gasteiger partial charge in [-0.1, -0.05) is 56.2 Å². The van der Waals surface area contributed by atoms with Crippen LogP contribution in [-0.4, -0.2) is 75.0 Å². The van der Waals surface area contributed by atoms with Crippen LogP contribution < -0.4 is 16.6 Å². The first kappa shape index (κ1) is 38.2. The van der Waals surface area contributed by atoms with E-state index in [1.54, 1.807) is 33.2 Å². The molecule has 16 heteroatoms. The molecule has 0 saturated carbocycles. The number of ether oxygens (including phenoxy) is 2. The van der Waals surface area contributed by atoms with Crippen molar-refractivity contribution in [3.05, 3.63) is 32.6 Å². The smallest absolute Gasteiger partial charge is 0.407 e. The van der Waals surface area contributed by atoms with Gasteiger partial charge in [0.2, 0.25) is 0 Å². The molecule has 2 aliphatic rings. The summed E-state index contributed by atoms with van der Waals surface area (Å²) in [5.74, 6) is 0.625. The fraction of sp³-hybridized carbons (Fsp3) is 0.793. The van der Waals surface area contributed by atoms with Gasteiger partial charge in [0.1, 0.15) is 12.3 Å². The average Bonchev–Trinajstić information content (AvgIpc) is 2.96. The predicted molar refractivity (Wildman–Crippen MR) is 180 cm³/mol. The summed E-state index contributed by atoms with van der Waals surface area (Å²) in [6.45, 7) is 9.22. The Labute approximate surface area is 278 Å². The number of hydrogen-bond acceptors (Lipinski definition) is 10. The molecule has 1 aromatic rings. The summed E-state index contributed by atoms with van der Waals surface area (Å²) >= 11 is 6.43. The van der Waals surface area contributed by atoms with Crippen LogP contribution in [0.2, 0.25) is 0 Å². The number of alkyl carbamates (subject to hydrolysis) is 1. The fourth-order valence-corrected chi connectivity index (χ4v) is 9.32. The second-order valence-corrected chi connectivity index (χ2v) is 19.3. The maximum atomic E-state index is 13.4. The molecule has 3 unspecified atom stereocenters. The van der Waals surface area contributed by atoms with E-state index in [1.165, 1.54) is 10.8 Å². The molecule has 0 bridgehead atoms. The molecule has 3 rings (SSSR count). The molecule has 2 fully saturated rings. The van der Waals surface area contributed by atoms with Gasteiger partial charge < -0.3 is 19.3 Å². The van der Waals surface area contributed by atoms with Crippen LogP contribution >= 0.6 is 39.7 Å². The number of carbonyl (C=O) groups is 2. The Balaban J connectivity index is 1.49. The molecule has 1 aromatic heterocycles. The molecule has 1 amide bonds. The van der Waals surface area contributed by atoms with Crippen molar-refractivity contribution in [2.75, 3.05) is 32.1 Å². The van der Waals surface area contributed by atoms with Gasteiger partial charge >= 0.3 is 18.7 Å². The number of amides is 1. The minimum absolute atomic E-state index is 0.00270. The first-order valence-corrected chi connectivity index (χ1v) is 20.3. The highest BCUT2D eigenvalue weighted by Crippen LogP contribution is 2.57. The summed E-state index contributed by atoms with van der Waals surface area (Å²) < 4.78 is 33.4. The number of nitrogens with one attached hydrogen (secondary N) is 2. The molecule has 45 heavy (non-hydrogen) atoms. The van der Waals surface area contributed by atoms with Crippen molar-refractivity contribution in [2.45, 2.75) is 103 Å². The fourth-order valence-electron chi connectivity index (χ4n) is 4.97. The molecule has 4 atom stereocenters. The lowest BCUT2D eigenvalue weighted by atomic mass is 9.91. The number of halogens is 1. The number of aryl methyl sites for hydroxylation is 1. The molecule has 3 heterocycles.